The van der Waals surface area contributed by atoms with E-state index in [4.69, 9.17) is 14.2 Å². The van der Waals surface area contributed by atoms with Gasteiger partial charge in [0.25, 0.3) is 0 Å². The number of aliphatic hydroxyl groups excluding tert-OH is 3. The summed E-state index contributed by atoms with van der Waals surface area (Å²) in [5.41, 5.74) is -3.22. The fraction of sp³-hybridized carbons (Fsp3) is 0.966. The summed E-state index contributed by atoms with van der Waals surface area (Å²) in [6.07, 6.45) is -5.67. The minimum absolute atomic E-state index is 0.103. The van der Waals surface area contributed by atoms with Crippen LogP contribution in [0.5, 0.6) is 0 Å². The fourth-order valence-electron chi connectivity index (χ4n) is 6.36. The molecule has 0 radical (unpaired) electrons. The highest BCUT2D eigenvalue weighted by Crippen LogP contribution is 2.36. The molecule has 0 unspecified atom stereocenters. The number of esters is 1. The van der Waals surface area contributed by atoms with Crippen molar-refractivity contribution in [1.29, 1.82) is 0 Å². The van der Waals surface area contributed by atoms with Crippen molar-refractivity contribution in [3.63, 3.8) is 0 Å². The Labute approximate surface area is 240 Å². The van der Waals surface area contributed by atoms with E-state index < -0.39 is 71.9 Å². The molecule has 14 atom stereocenters. The van der Waals surface area contributed by atoms with Crippen molar-refractivity contribution in [2.75, 3.05) is 20.6 Å². The molecule has 236 valence electrons. The molecule has 11 nitrogen and oxygen atoms in total. The molecular formula is C29H56N2O9. The summed E-state index contributed by atoms with van der Waals surface area (Å²) in [6.45, 7) is 14.0. The molecule has 0 aliphatic carbocycles. The van der Waals surface area contributed by atoms with Crippen molar-refractivity contribution in [3.05, 3.63) is 0 Å². The van der Waals surface area contributed by atoms with Gasteiger partial charge in [-0.15, -0.1) is 0 Å². The van der Waals surface area contributed by atoms with E-state index in [9.17, 15) is 30.3 Å². The Morgan fingerprint density at radius 1 is 1.18 bits per heavy atom. The third kappa shape index (κ3) is 8.14. The molecular weight excluding hydrogens is 520 g/mol. The van der Waals surface area contributed by atoms with Gasteiger partial charge in [0.1, 0.15) is 17.8 Å². The molecule has 0 amide bonds. The first kappa shape index (κ1) is 35.3. The summed E-state index contributed by atoms with van der Waals surface area (Å²) in [6, 6.07) is -0.771. The lowest BCUT2D eigenvalue weighted by Crippen LogP contribution is -2.59. The fourth-order valence-corrected chi connectivity index (χ4v) is 6.36. The third-order valence-electron chi connectivity index (χ3n) is 8.95. The number of likely N-dealkylation sites (N-methyl/N-ethyl adjacent to an activating group) is 1. The van der Waals surface area contributed by atoms with Crippen molar-refractivity contribution in [1.82, 2.24) is 10.2 Å². The van der Waals surface area contributed by atoms with Crippen LogP contribution in [0, 0.1) is 17.8 Å². The highest BCUT2D eigenvalue weighted by Gasteiger charge is 2.49. The molecule has 2 rings (SSSR count). The van der Waals surface area contributed by atoms with Gasteiger partial charge < -0.3 is 50.0 Å². The Balaban J connectivity index is 2.45. The number of hydrogen-bond acceptors (Lipinski definition) is 11. The lowest BCUT2D eigenvalue weighted by molar-refractivity contribution is -0.299. The topological polar surface area (TPSA) is 161 Å². The Bertz CT molecular complexity index is 810. The molecule has 40 heavy (non-hydrogen) atoms. The number of nitrogens with one attached hydrogen (secondary N) is 1. The van der Waals surface area contributed by atoms with E-state index in [1.807, 2.05) is 32.8 Å². The first-order valence-electron chi connectivity index (χ1n) is 14.7. The molecule has 2 saturated heterocycles. The van der Waals surface area contributed by atoms with E-state index in [1.165, 1.54) is 13.8 Å². The summed E-state index contributed by atoms with van der Waals surface area (Å²) < 4.78 is 18.1. The van der Waals surface area contributed by atoms with Gasteiger partial charge in [0, 0.05) is 18.0 Å². The standard InChI is InChI=1S/C29H56N2O9/c1-11-21(32)29(8,37)25-19(6)30-14-15(2)13-28(7,36)24(17(4)22(33)18(5)26(35)39-25)40-27-23(34)20(31(9)10)12-16(3)38-27/h15-25,27,30,32-34,36-37H,11-14H2,1-10H3/t15-,16-,17+,18-,19-,20+,21-,22+,23-,24-,25-,27+,28-,29-/m1/s1. The molecule has 2 heterocycles. The average Bonchev–Trinajstić information content (AvgIpc) is 2.87. The van der Waals surface area contributed by atoms with Gasteiger partial charge in [-0.05, 0) is 80.4 Å². The van der Waals surface area contributed by atoms with E-state index in [0.717, 1.165) is 0 Å². The SMILES string of the molecule is CC[C@@H](O)[C@@](C)(O)[C@@H]1OC(=O)[C@H](C)[C@@H](O)[C@H](C)[C@@H](O[C@@H]2O[C@H](C)C[C@H](N(C)C)[C@H]2O)[C@](C)(O)C[C@@H](C)CN[C@@H]1C. The van der Waals surface area contributed by atoms with Crippen molar-refractivity contribution in [3.8, 4) is 0 Å². The highest BCUT2D eigenvalue weighted by atomic mass is 16.7. The van der Waals surface area contributed by atoms with Crippen LogP contribution in [0.25, 0.3) is 0 Å². The number of aliphatic hydroxyl groups is 5. The van der Waals surface area contributed by atoms with Crippen LogP contribution in [0.15, 0.2) is 0 Å². The van der Waals surface area contributed by atoms with Crippen LogP contribution in [0.2, 0.25) is 0 Å². The number of rotatable bonds is 6. The second kappa shape index (κ2) is 14.1. The lowest BCUT2D eigenvalue weighted by atomic mass is 9.78. The molecule has 0 aromatic heterocycles. The second-order valence-corrected chi connectivity index (χ2v) is 13.1. The molecule has 0 spiro atoms. The van der Waals surface area contributed by atoms with Gasteiger partial charge in [-0.3, -0.25) is 4.79 Å². The van der Waals surface area contributed by atoms with E-state index >= 15 is 0 Å². The largest absolute Gasteiger partial charge is 0.457 e. The maximum absolute atomic E-state index is 13.3. The average molecular weight is 577 g/mol. The van der Waals surface area contributed by atoms with Crippen LogP contribution < -0.4 is 5.32 Å². The molecule has 0 aromatic rings. The monoisotopic (exact) mass is 576 g/mol. The smallest absolute Gasteiger partial charge is 0.311 e. The summed E-state index contributed by atoms with van der Waals surface area (Å²) in [5, 5.41) is 59.4. The molecule has 11 heteroatoms. The Morgan fingerprint density at radius 3 is 2.33 bits per heavy atom. The predicted molar refractivity (Wildman–Crippen MR) is 150 cm³/mol. The van der Waals surface area contributed by atoms with Crippen LogP contribution in [-0.4, -0.2) is 123 Å². The minimum atomic E-state index is -1.75. The molecule has 2 aliphatic rings. The zero-order chi connectivity index (χ0) is 30.7. The van der Waals surface area contributed by atoms with Crippen molar-refractivity contribution >= 4 is 5.97 Å². The van der Waals surface area contributed by atoms with E-state index in [2.05, 4.69) is 5.32 Å². The predicted octanol–water partition coefficient (Wildman–Crippen LogP) is 0.633. The van der Waals surface area contributed by atoms with Crippen LogP contribution in [0.4, 0.5) is 0 Å². The maximum Gasteiger partial charge on any atom is 0.311 e. The van der Waals surface area contributed by atoms with Crippen LogP contribution in [0.1, 0.15) is 74.7 Å². The van der Waals surface area contributed by atoms with Gasteiger partial charge in [0.2, 0.25) is 0 Å². The number of hydrogen-bond donors (Lipinski definition) is 6. The summed E-state index contributed by atoms with van der Waals surface area (Å²) in [4.78, 5) is 15.3. The lowest BCUT2D eigenvalue weighted by Gasteiger charge is -2.46. The maximum atomic E-state index is 13.3. The molecule has 2 aliphatic heterocycles. The number of cyclic esters (lactones) is 1. The number of ether oxygens (including phenoxy) is 3. The van der Waals surface area contributed by atoms with Crippen LogP contribution in [-0.2, 0) is 19.0 Å². The van der Waals surface area contributed by atoms with Gasteiger partial charge in [0.15, 0.2) is 6.29 Å². The van der Waals surface area contributed by atoms with Gasteiger partial charge in [-0.25, -0.2) is 0 Å². The quantitative estimate of drug-likeness (QED) is 0.246. The highest BCUT2D eigenvalue weighted by molar-refractivity contribution is 5.73. The third-order valence-corrected chi connectivity index (χ3v) is 8.95. The number of carbonyl (C=O) groups excluding carboxylic acids is 1. The molecule has 2 fully saturated rings. The molecule has 0 bridgehead atoms. The summed E-state index contributed by atoms with van der Waals surface area (Å²) in [5.74, 6) is -2.68. The Morgan fingerprint density at radius 2 is 1.77 bits per heavy atom. The molecule has 6 N–H and O–H groups in total. The normalized spacial score (nSPS) is 45.0. The first-order valence-corrected chi connectivity index (χ1v) is 14.7. The van der Waals surface area contributed by atoms with E-state index in [0.29, 0.717) is 13.0 Å². The van der Waals surface area contributed by atoms with E-state index in [1.54, 1.807) is 27.7 Å². The zero-order valence-electron chi connectivity index (χ0n) is 26.1. The second-order valence-electron chi connectivity index (χ2n) is 13.1. The van der Waals surface area contributed by atoms with Crippen LogP contribution in [0.3, 0.4) is 0 Å². The Hall–Kier alpha value is -0.890. The molecule has 0 aromatic carbocycles. The Kier molecular flexibility index (Phi) is 12.4. The van der Waals surface area contributed by atoms with Gasteiger partial charge in [-0.2, -0.15) is 0 Å². The minimum Gasteiger partial charge on any atom is -0.457 e. The summed E-state index contributed by atoms with van der Waals surface area (Å²) in [7, 11) is 3.75. The number of nitrogens with zero attached hydrogens (tertiary/aromatic N) is 1. The number of carbonyl (C=O) groups is 1. The van der Waals surface area contributed by atoms with Gasteiger partial charge in [-0.1, -0.05) is 20.8 Å². The van der Waals surface area contributed by atoms with E-state index in [-0.39, 0.29) is 30.9 Å². The van der Waals surface area contributed by atoms with Gasteiger partial charge >= 0.3 is 5.97 Å². The van der Waals surface area contributed by atoms with Crippen LogP contribution >= 0.6 is 0 Å². The van der Waals surface area contributed by atoms with Gasteiger partial charge in [0.05, 0.1) is 35.9 Å². The van der Waals surface area contributed by atoms with Crippen molar-refractivity contribution in [2.24, 2.45) is 17.8 Å². The zero-order valence-corrected chi connectivity index (χ0v) is 26.1. The van der Waals surface area contributed by atoms with Crippen molar-refractivity contribution < 1.29 is 44.5 Å². The molecule has 0 saturated carbocycles. The first-order chi connectivity index (χ1) is 18.3. The summed E-state index contributed by atoms with van der Waals surface area (Å²) >= 11 is 0. The van der Waals surface area contributed by atoms with Crippen molar-refractivity contribution in [2.45, 2.75) is 141 Å².